The van der Waals surface area contributed by atoms with Crippen LogP contribution < -0.4 is 21.3 Å². The third-order valence-electron chi connectivity index (χ3n) is 1.93. The zero-order valence-corrected chi connectivity index (χ0v) is 11.3. The van der Waals surface area contributed by atoms with Crippen LogP contribution in [0.5, 0.6) is 0 Å². The van der Waals surface area contributed by atoms with Crippen LogP contribution in [-0.4, -0.2) is 40.3 Å². The van der Waals surface area contributed by atoms with Gasteiger partial charge >= 0.3 is 0 Å². The van der Waals surface area contributed by atoms with Crippen LogP contribution in [0.3, 0.4) is 0 Å². The summed E-state index contributed by atoms with van der Waals surface area (Å²) in [6, 6.07) is 0. The Morgan fingerprint density at radius 2 is 2.00 bits per heavy atom. The van der Waals surface area contributed by atoms with Gasteiger partial charge in [-0.2, -0.15) is 0 Å². The summed E-state index contributed by atoms with van der Waals surface area (Å²) in [7, 11) is -3.10. The van der Waals surface area contributed by atoms with Gasteiger partial charge in [-0.25, -0.2) is 19.0 Å². The fourth-order valence-electron chi connectivity index (χ4n) is 1.06. The van der Waals surface area contributed by atoms with Gasteiger partial charge in [0.1, 0.15) is 0 Å². The lowest BCUT2D eigenvalue weighted by atomic mass is 10.3. The van der Waals surface area contributed by atoms with Gasteiger partial charge in [0.15, 0.2) is 0 Å². The van der Waals surface area contributed by atoms with E-state index in [2.05, 4.69) is 27.4 Å². The minimum atomic E-state index is -3.10. The molecule has 0 saturated heterocycles. The van der Waals surface area contributed by atoms with Crippen molar-refractivity contribution < 1.29 is 8.42 Å². The lowest BCUT2D eigenvalue weighted by Crippen LogP contribution is -2.42. The molecule has 0 aliphatic rings. The number of hydrazine groups is 1. The summed E-state index contributed by atoms with van der Waals surface area (Å²) in [5, 5.41) is 3.05. The minimum absolute atomic E-state index is 0.384. The molecule has 17 heavy (non-hydrogen) atoms. The molecule has 0 radical (unpaired) electrons. The van der Waals surface area contributed by atoms with Crippen LogP contribution in [0, 0.1) is 0 Å². The van der Waals surface area contributed by atoms with Gasteiger partial charge in [0.25, 0.3) is 0 Å². The van der Waals surface area contributed by atoms with Gasteiger partial charge < -0.3 is 5.32 Å². The Labute approximate surface area is 103 Å². The van der Waals surface area contributed by atoms with Gasteiger partial charge in [0.05, 0.1) is 6.26 Å². The maximum Gasteiger partial charge on any atom is 0.208 e. The maximum absolute atomic E-state index is 10.8. The summed E-state index contributed by atoms with van der Waals surface area (Å²) in [6.45, 7) is 3.82. The first-order valence-electron chi connectivity index (χ1n) is 5.69. The lowest BCUT2D eigenvalue weighted by Gasteiger charge is -2.08. The van der Waals surface area contributed by atoms with E-state index in [9.17, 15) is 8.42 Å². The van der Waals surface area contributed by atoms with Gasteiger partial charge in [-0.15, -0.1) is 0 Å². The third-order valence-corrected chi connectivity index (χ3v) is 2.66. The zero-order chi connectivity index (χ0) is 13.1. The average molecular weight is 265 g/mol. The number of aliphatic imine (C=N–C) groups is 1. The number of guanidine groups is 1. The molecule has 0 saturated carbocycles. The van der Waals surface area contributed by atoms with Crippen molar-refractivity contribution in [3.8, 4) is 0 Å². The molecule has 0 spiro atoms. The summed E-state index contributed by atoms with van der Waals surface area (Å²) in [5.74, 6) is 5.82. The summed E-state index contributed by atoms with van der Waals surface area (Å²) < 4.78 is 23.9. The highest BCUT2D eigenvalue weighted by atomic mass is 32.2. The van der Waals surface area contributed by atoms with Gasteiger partial charge in [-0.1, -0.05) is 13.3 Å². The van der Waals surface area contributed by atoms with Gasteiger partial charge in [-0.05, 0) is 12.8 Å². The molecule has 8 heteroatoms. The van der Waals surface area contributed by atoms with Crippen molar-refractivity contribution in [1.29, 1.82) is 0 Å². The summed E-state index contributed by atoms with van der Waals surface area (Å²) in [4.78, 5) is 4.17. The van der Waals surface area contributed by atoms with Crippen LogP contribution in [0.1, 0.15) is 26.2 Å². The minimum Gasteiger partial charge on any atom is -0.355 e. The molecule has 0 fully saturated rings. The monoisotopic (exact) mass is 265 g/mol. The van der Waals surface area contributed by atoms with Crippen LogP contribution in [0.2, 0.25) is 0 Å². The SMILES string of the molecule is CCCCNC(=NCCCNS(C)(=O)=O)NN. The maximum atomic E-state index is 10.8. The highest BCUT2D eigenvalue weighted by Crippen LogP contribution is 1.84. The number of nitrogens with two attached hydrogens (primary N) is 1. The molecule has 0 amide bonds. The zero-order valence-electron chi connectivity index (χ0n) is 10.5. The summed E-state index contributed by atoms with van der Waals surface area (Å²) >= 11 is 0. The highest BCUT2D eigenvalue weighted by molar-refractivity contribution is 7.88. The Balaban J connectivity index is 3.71. The number of unbranched alkanes of at least 4 members (excludes halogenated alkanes) is 1. The largest absolute Gasteiger partial charge is 0.355 e. The van der Waals surface area contributed by atoms with E-state index in [1.165, 1.54) is 0 Å². The third kappa shape index (κ3) is 11.4. The second-order valence-corrected chi connectivity index (χ2v) is 5.51. The van der Waals surface area contributed by atoms with E-state index in [1.807, 2.05) is 0 Å². The molecular weight excluding hydrogens is 242 g/mol. The summed E-state index contributed by atoms with van der Waals surface area (Å²) in [6.07, 6.45) is 3.92. The molecule has 0 rings (SSSR count). The van der Waals surface area contributed by atoms with Crippen molar-refractivity contribution in [2.45, 2.75) is 26.2 Å². The van der Waals surface area contributed by atoms with Crippen LogP contribution >= 0.6 is 0 Å². The Morgan fingerprint density at radius 3 is 2.53 bits per heavy atom. The molecule has 0 atom stereocenters. The molecule has 0 unspecified atom stereocenters. The van der Waals surface area contributed by atoms with Crippen molar-refractivity contribution in [3.63, 3.8) is 0 Å². The molecule has 0 aromatic carbocycles. The van der Waals surface area contributed by atoms with E-state index in [0.717, 1.165) is 25.6 Å². The molecular formula is C9H23N5O2S. The predicted octanol–water partition coefficient (Wildman–Crippen LogP) is -0.865. The van der Waals surface area contributed by atoms with E-state index in [0.29, 0.717) is 25.5 Å². The smallest absolute Gasteiger partial charge is 0.208 e. The van der Waals surface area contributed by atoms with Crippen LogP contribution in [0.25, 0.3) is 0 Å². The number of hydrogen-bond acceptors (Lipinski definition) is 4. The van der Waals surface area contributed by atoms with Crippen molar-refractivity contribution in [1.82, 2.24) is 15.5 Å². The molecule has 0 heterocycles. The number of nitrogens with one attached hydrogen (secondary N) is 3. The highest BCUT2D eigenvalue weighted by Gasteiger charge is 1.98. The second kappa shape index (κ2) is 9.20. The van der Waals surface area contributed by atoms with Crippen LogP contribution in [0.15, 0.2) is 4.99 Å². The van der Waals surface area contributed by atoms with E-state index in [-0.39, 0.29) is 0 Å². The number of rotatable bonds is 8. The van der Waals surface area contributed by atoms with Crippen molar-refractivity contribution >= 4 is 16.0 Å². The van der Waals surface area contributed by atoms with Gasteiger partial charge in [0, 0.05) is 19.6 Å². The first-order valence-corrected chi connectivity index (χ1v) is 7.58. The van der Waals surface area contributed by atoms with Gasteiger partial charge in [-0.3, -0.25) is 10.4 Å². The topological polar surface area (TPSA) is 109 Å². The molecule has 7 nitrogen and oxygen atoms in total. The van der Waals surface area contributed by atoms with Crippen molar-refractivity contribution in [3.05, 3.63) is 0 Å². The summed E-state index contributed by atoms with van der Waals surface area (Å²) in [5.41, 5.74) is 2.47. The van der Waals surface area contributed by atoms with Crippen molar-refractivity contribution in [2.24, 2.45) is 10.8 Å². The predicted molar refractivity (Wildman–Crippen MR) is 70.0 cm³/mol. The van der Waals surface area contributed by atoms with E-state index in [1.54, 1.807) is 0 Å². The molecule has 0 aliphatic heterocycles. The second-order valence-electron chi connectivity index (χ2n) is 3.68. The molecule has 0 aliphatic carbocycles. The number of hydrogen-bond donors (Lipinski definition) is 4. The molecule has 5 N–H and O–H groups in total. The normalized spacial score (nSPS) is 12.5. The van der Waals surface area contributed by atoms with Gasteiger partial charge in [0.2, 0.25) is 16.0 Å². The van der Waals surface area contributed by atoms with Crippen LogP contribution in [-0.2, 0) is 10.0 Å². The van der Waals surface area contributed by atoms with E-state index < -0.39 is 10.0 Å². The standard InChI is InChI=1S/C9H23N5O2S/c1-3-4-6-11-9(14-10)12-7-5-8-13-17(2,15)16/h13H,3-8,10H2,1-2H3,(H2,11,12,14). The molecule has 0 bridgehead atoms. The Hall–Kier alpha value is -0.860. The quantitative estimate of drug-likeness (QED) is 0.150. The van der Waals surface area contributed by atoms with Crippen LogP contribution in [0.4, 0.5) is 0 Å². The Kier molecular flexibility index (Phi) is 8.73. The fourth-order valence-corrected chi connectivity index (χ4v) is 1.58. The molecule has 0 aromatic heterocycles. The first kappa shape index (κ1) is 16.1. The molecule has 0 aromatic rings. The van der Waals surface area contributed by atoms with Crippen molar-refractivity contribution in [2.75, 3.05) is 25.9 Å². The lowest BCUT2D eigenvalue weighted by molar-refractivity contribution is 0.585. The van der Waals surface area contributed by atoms with E-state index >= 15 is 0 Å². The Bertz CT molecular complexity index is 315. The average Bonchev–Trinajstić information content (AvgIpc) is 2.25. The Morgan fingerprint density at radius 1 is 1.29 bits per heavy atom. The first-order chi connectivity index (χ1) is 7.99. The fraction of sp³-hybridized carbons (Fsp3) is 0.889. The molecule has 102 valence electrons. The van der Waals surface area contributed by atoms with E-state index in [4.69, 9.17) is 5.84 Å². The number of sulfonamides is 1. The number of nitrogens with zero attached hydrogens (tertiary/aromatic N) is 1.